The van der Waals surface area contributed by atoms with Crippen LogP contribution in [-0.4, -0.2) is 42.2 Å². The lowest BCUT2D eigenvalue weighted by Gasteiger charge is -2.38. The van der Waals surface area contributed by atoms with Crippen molar-refractivity contribution in [3.8, 4) is 0 Å². The van der Waals surface area contributed by atoms with Gasteiger partial charge >= 0.3 is 0 Å². The molecule has 0 bridgehead atoms. The molecule has 1 aliphatic carbocycles. The van der Waals surface area contributed by atoms with Crippen molar-refractivity contribution in [1.29, 1.82) is 0 Å². The number of rotatable bonds is 6. The van der Waals surface area contributed by atoms with Gasteiger partial charge in [-0.25, -0.2) is 0 Å². The molecule has 3 heteroatoms. The number of nitrogens with zero attached hydrogens (tertiary/aromatic N) is 1. The number of hydrogen-bond acceptors (Lipinski definition) is 3. The third kappa shape index (κ3) is 4.53. The van der Waals surface area contributed by atoms with Crippen LogP contribution in [0.3, 0.4) is 0 Å². The summed E-state index contributed by atoms with van der Waals surface area (Å²) in [4.78, 5) is 2.34. The summed E-state index contributed by atoms with van der Waals surface area (Å²) in [6.07, 6.45) is 4.94. The third-order valence-electron chi connectivity index (χ3n) is 4.77. The molecule has 2 rings (SSSR count). The van der Waals surface area contributed by atoms with E-state index in [1.54, 1.807) is 0 Å². The summed E-state index contributed by atoms with van der Waals surface area (Å²) in [5.41, 5.74) is 0.215. The summed E-state index contributed by atoms with van der Waals surface area (Å²) in [5, 5.41) is 14.3. The first-order chi connectivity index (χ1) is 10.0. The van der Waals surface area contributed by atoms with E-state index < -0.39 is 5.60 Å². The van der Waals surface area contributed by atoms with Gasteiger partial charge in [-0.1, -0.05) is 37.3 Å². The number of hydrogen-bond donors (Lipinski definition) is 2. The standard InChI is InChI=1S/C18H30N2O/c1-4-19-16-10-12-17(13-11-16)20(3)14-18(2,21)15-8-6-5-7-9-15/h5-9,16-17,19,21H,4,10-14H2,1-3H3. The molecular weight excluding hydrogens is 260 g/mol. The molecule has 3 nitrogen and oxygen atoms in total. The summed E-state index contributed by atoms with van der Waals surface area (Å²) in [6, 6.07) is 11.3. The van der Waals surface area contributed by atoms with Crippen molar-refractivity contribution in [3.63, 3.8) is 0 Å². The van der Waals surface area contributed by atoms with E-state index in [2.05, 4.69) is 24.2 Å². The van der Waals surface area contributed by atoms with Gasteiger partial charge in [-0.05, 0) is 51.8 Å². The fourth-order valence-electron chi connectivity index (χ4n) is 3.51. The maximum absolute atomic E-state index is 10.8. The Morgan fingerprint density at radius 3 is 2.38 bits per heavy atom. The van der Waals surface area contributed by atoms with Crippen molar-refractivity contribution in [2.75, 3.05) is 20.1 Å². The van der Waals surface area contributed by atoms with Crippen molar-refractivity contribution in [2.24, 2.45) is 0 Å². The quantitative estimate of drug-likeness (QED) is 0.845. The lowest BCUT2D eigenvalue weighted by molar-refractivity contribution is 0.00523. The van der Waals surface area contributed by atoms with Crippen molar-refractivity contribution < 1.29 is 5.11 Å². The molecule has 118 valence electrons. The van der Waals surface area contributed by atoms with Crippen LogP contribution in [0.2, 0.25) is 0 Å². The Balaban J connectivity index is 1.88. The van der Waals surface area contributed by atoms with Crippen LogP contribution < -0.4 is 5.32 Å². The molecule has 0 heterocycles. The molecule has 1 fully saturated rings. The van der Waals surface area contributed by atoms with E-state index in [1.165, 1.54) is 25.7 Å². The van der Waals surface area contributed by atoms with Gasteiger partial charge in [-0.15, -0.1) is 0 Å². The second-order valence-corrected chi connectivity index (χ2v) is 6.62. The molecule has 0 amide bonds. The van der Waals surface area contributed by atoms with Crippen LogP contribution >= 0.6 is 0 Å². The minimum absolute atomic E-state index is 0.593. The minimum Gasteiger partial charge on any atom is -0.384 e. The van der Waals surface area contributed by atoms with Gasteiger partial charge in [0.25, 0.3) is 0 Å². The fraction of sp³-hybridized carbons (Fsp3) is 0.667. The summed E-state index contributed by atoms with van der Waals surface area (Å²) >= 11 is 0. The van der Waals surface area contributed by atoms with Gasteiger partial charge in [-0.3, -0.25) is 0 Å². The van der Waals surface area contributed by atoms with E-state index in [0.29, 0.717) is 18.6 Å². The zero-order valence-corrected chi connectivity index (χ0v) is 13.7. The largest absolute Gasteiger partial charge is 0.384 e. The van der Waals surface area contributed by atoms with E-state index in [0.717, 1.165) is 12.1 Å². The van der Waals surface area contributed by atoms with E-state index >= 15 is 0 Å². The van der Waals surface area contributed by atoms with Crippen molar-refractivity contribution in [2.45, 2.75) is 57.2 Å². The Morgan fingerprint density at radius 2 is 1.81 bits per heavy atom. The zero-order valence-electron chi connectivity index (χ0n) is 13.7. The summed E-state index contributed by atoms with van der Waals surface area (Å²) < 4.78 is 0. The van der Waals surface area contributed by atoms with Gasteiger partial charge in [0, 0.05) is 18.6 Å². The van der Waals surface area contributed by atoms with Crippen LogP contribution in [0.4, 0.5) is 0 Å². The van der Waals surface area contributed by atoms with Crippen molar-refractivity contribution in [1.82, 2.24) is 10.2 Å². The normalized spacial score (nSPS) is 25.8. The Bertz CT molecular complexity index is 410. The molecule has 0 spiro atoms. The molecule has 0 radical (unpaired) electrons. The number of likely N-dealkylation sites (N-methyl/N-ethyl adjacent to an activating group) is 1. The van der Waals surface area contributed by atoms with Crippen molar-refractivity contribution in [3.05, 3.63) is 35.9 Å². The third-order valence-corrected chi connectivity index (χ3v) is 4.77. The summed E-state index contributed by atoms with van der Waals surface area (Å²) in [5.74, 6) is 0. The summed E-state index contributed by atoms with van der Waals surface area (Å²) in [6.45, 7) is 5.85. The van der Waals surface area contributed by atoms with Crippen LogP contribution in [0, 0.1) is 0 Å². The average Bonchev–Trinajstić information content (AvgIpc) is 2.49. The fourth-order valence-corrected chi connectivity index (χ4v) is 3.51. The number of nitrogens with one attached hydrogen (secondary N) is 1. The highest BCUT2D eigenvalue weighted by molar-refractivity contribution is 5.21. The van der Waals surface area contributed by atoms with Gasteiger partial charge in [0.2, 0.25) is 0 Å². The van der Waals surface area contributed by atoms with Gasteiger partial charge < -0.3 is 15.3 Å². The van der Waals surface area contributed by atoms with Gasteiger partial charge in [0.15, 0.2) is 0 Å². The van der Waals surface area contributed by atoms with Crippen LogP contribution in [0.1, 0.15) is 45.1 Å². The van der Waals surface area contributed by atoms with E-state index in [4.69, 9.17) is 0 Å². The Kier molecular flexibility index (Phi) is 5.80. The first-order valence-electron chi connectivity index (χ1n) is 8.24. The number of benzene rings is 1. The maximum Gasteiger partial charge on any atom is 0.0994 e. The second-order valence-electron chi connectivity index (χ2n) is 6.62. The molecule has 1 unspecified atom stereocenters. The summed E-state index contributed by atoms with van der Waals surface area (Å²) in [7, 11) is 2.15. The van der Waals surface area contributed by atoms with E-state index in [-0.39, 0.29) is 0 Å². The van der Waals surface area contributed by atoms with Gasteiger partial charge in [-0.2, -0.15) is 0 Å². The topological polar surface area (TPSA) is 35.5 Å². The molecule has 21 heavy (non-hydrogen) atoms. The highest BCUT2D eigenvalue weighted by Crippen LogP contribution is 2.27. The minimum atomic E-state index is -0.783. The smallest absolute Gasteiger partial charge is 0.0994 e. The molecule has 0 aliphatic heterocycles. The van der Waals surface area contributed by atoms with Crippen LogP contribution in [0.15, 0.2) is 30.3 Å². The zero-order chi connectivity index (χ0) is 15.3. The van der Waals surface area contributed by atoms with Crippen LogP contribution in [0.25, 0.3) is 0 Å². The van der Waals surface area contributed by atoms with Crippen molar-refractivity contribution >= 4 is 0 Å². The molecule has 1 aromatic carbocycles. The lowest BCUT2D eigenvalue weighted by Crippen LogP contribution is -2.45. The predicted octanol–water partition coefficient (Wildman–Crippen LogP) is 2.75. The van der Waals surface area contributed by atoms with Gasteiger partial charge in [0.05, 0.1) is 5.60 Å². The Hall–Kier alpha value is -0.900. The molecule has 1 atom stereocenters. The molecule has 1 saturated carbocycles. The van der Waals surface area contributed by atoms with Gasteiger partial charge in [0.1, 0.15) is 0 Å². The average molecular weight is 290 g/mol. The SMILES string of the molecule is CCNC1CCC(N(C)CC(C)(O)c2ccccc2)CC1. The van der Waals surface area contributed by atoms with E-state index in [1.807, 2.05) is 37.3 Å². The molecule has 1 aliphatic rings. The molecule has 0 saturated heterocycles. The highest BCUT2D eigenvalue weighted by atomic mass is 16.3. The predicted molar refractivity (Wildman–Crippen MR) is 88.4 cm³/mol. The monoisotopic (exact) mass is 290 g/mol. The highest BCUT2D eigenvalue weighted by Gasteiger charge is 2.29. The lowest BCUT2D eigenvalue weighted by atomic mass is 9.88. The molecule has 1 aromatic rings. The number of aliphatic hydroxyl groups is 1. The van der Waals surface area contributed by atoms with Crippen LogP contribution in [-0.2, 0) is 5.60 Å². The maximum atomic E-state index is 10.8. The first-order valence-corrected chi connectivity index (χ1v) is 8.24. The van der Waals surface area contributed by atoms with Crippen LogP contribution in [0.5, 0.6) is 0 Å². The molecular formula is C18H30N2O. The molecule has 2 N–H and O–H groups in total. The Labute approximate surface area is 129 Å². The first kappa shape index (κ1) is 16.5. The van der Waals surface area contributed by atoms with E-state index in [9.17, 15) is 5.11 Å². The molecule has 0 aromatic heterocycles. The Morgan fingerprint density at radius 1 is 1.19 bits per heavy atom. The second kappa shape index (κ2) is 7.39.